The molecule has 0 radical (unpaired) electrons. The molecular weight excluding hydrogens is 304 g/mol. The summed E-state index contributed by atoms with van der Waals surface area (Å²) in [6.45, 7) is 0. The first-order valence-corrected chi connectivity index (χ1v) is 5.67. The van der Waals surface area contributed by atoms with E-state index >= 15 is 0 Å². The lowest BCUT2D eigenvalue weighted by atomic mass is 10.2. The summed E-state index contributed by atoms with van der Waals surface area (Å²) in [7, 11) is 0. The van der Waals surface area contributed by atoms with Crippen LogP contribution in [0.2, 0.25) is 5.02 Å². The first-order valence-electron chi connectivity index (χ1n) is 4.91. The first kappa shape index (κ1) is 13.9. The molecule has 1 aromatic heterocycles. The van der Waals surface area contributed by atoms with Gasteiger partial charge >= 0.3 is 6.18 Å². The number of nitrogens with zero attached hydrogens (tertiary/aromatic N) is 2. The van der Waals surface area contributed by atoms with Crippen LogP contribution in [0.4, 0.5) is 13.2 Å². The molecule has 1 aromatic carbocycles. The topological polar surface area (TPSA) is 34.9 Å². The van der Waals surface area contributed by atoms with Crippen LogP contribution in [0.1, 0.15) is 16.1 Å². The highest BCUT2D eigenvalue weighted by atomic mass is 35.5. The fourth-order valence-corrected chi connectivity index (χ4v) is 1.81. The van der Waals surface area contributed by atoms with E-state index in [-0.39, 0.29) is 5.69 Å². The minimum Gasteiger partial charge on any atom is -0.275 e. The van der Waals surface area contributed by atoms with E-state index in [1.807, 2.05) is 0 Å². The Bertz CT molecular complexity index is 620. The van der Waals surface area contributed by atoms with Gasteiger partial charge in [-0.1, -0.05) is 11.6 Å². The maximum Gasteiger partial charge on any atom is 0.434 e. The Balaban J connectivity index is 2.64. The molecule has 19 heavy (non-hydrogen) atoms. The highest BCUT2D eigenvalue weighted by Gasteiger charge is 2.40. The van der Waals surface area contributed by atoms with Gasteiger partial charge < -0.3 is 0 Å². The zero-order valence-electron chi connectivity index (χ0n) is 9.08. The van der Waals surface area contributed by atoms with Gasteiger partial charge in [0, 0.05) is 5.02 Å². The lowest BCUT2D eigenvalue weighted by Gasteiger charge is -2.11. The molecule has 1 heterocycles. The summed E-state index contributed by atoms with van der Waals surface area (Å²) in [5.74, 6) is 0. The molecule has 0 aliphatic rings. The number of hydrogen-bond acceptors (Lipinski definition) is 2. The third-order valence-corrected chi connectivity index (χ3v) is 2.78. The summed E-state index contributed by atoms with van der Waals surface area (Å²) in [5.41, 5.74) is -1.78. The quantitative estimate of drug-likeness (QED) is 0.788. The number of rotatable bonds is 2. The standard InChI is InChI=1S/C11H5Cl2F3N2O/c12-6-1-3-7(4-2-6)18-9(11(14,15)16)8(5-17-18)10(13)19/h1-5H. The van der Waals surface area contributed by atoms with E-state index in [0.29, 0.717) is 9.70 Å². The van der Waals surface area contributed by atoms with Gasteiger partial charge in [0.1, 0.15) is 0 Å². The van der Waals surface area contributed by atoms with E-state index in [1.165, 1.54) is 24.3 Å². The minimum atomic E-state index is -4.75. The van der Waals surface area contributed by atoms with Crippen molar-refractivity contribution in [3.8, 4) is 5.69 Å². The molecule has 0 aliphatic carbocycles. The lowest BCUT2D eigenvalue weighted by Crippen LogP contribution is -2.16. The Kier molecular flexibility index (Phi) is 3.56. The van der Waals surface area contributed by atoms with Gasteiger partial charge in [0.25, 0.3) is 5.24 Å². The average Bonchev–Trinajstić information content (AvgIpc) is 2.74. The molecule has 0 unspecified atom stereocenters. The lowest BCUT2D eigenvalue weighted by molar-refractivity contribution is -0.143. The summed E-state index contributed by atoms with van der Waals surface area (Å²) in [5, 5.41) is 2.71. The van der Waals surface area contributed by atoms with Crippen LogP contribution < -0.4 is 0 Å². The van der Waals surface area contributed by atoms with Crippen molar-refractivity contribution in [1.82, 2.24) is 9.78 Å². The van der Waals surface area contributed by atoms with Crippen LogP contribution in [0, 0.1) is 0 Å². The molecule has 8 heteroatoms. The van der Waals surface area contributed by atoms with Gasteiger partial charge in [-0.05, 0) is 35.9 Å². The molecule has 0 saturated heterocycles. The van der Waals surface area contributed by atoms with Gasteiger partial charge in [-0.3, -0.25) is 4.79 Å². The summed E-state index contributed by atoms with van der Waals surface area (Å²) >= 11 is 10.8. The third-order valence-electron chi connectivity index (χ3n) is 2.32. The van der Waals surface area contributed by atoms with E-state index < -0.39 is 22.7 Å². The zero-order valence-corrected chi connectivity index (χ0v) is 10.6. The van der Waals surface area contributed by atoms with Crippen LogP contribution in [0.25, 0.3) is 5.69 Å². The summed E-state index contributed by atoms with van der Waals surface area (Å²) in [4.78, 5) is 11.0. The molecule has 0 bridgehead atoms. The van der Waals surface area contributed by atoms with Crippen molar-refractivity contribution in [2.24, 2.45) is 0 Å². The molecular formula is C11H5Cl2F3N2O. The highest BCUT2D eigenvalue weighted by Crippen LogP contribution is 2.34. The number of benzene rings is 1. The molecule has 3 nitrogen and oxygen atoms in total. The molecule has 0 spiro atoms. The van der Waals surface area contributed by atoms with Crippen molar-refractivity contribution >= 4 is 28.4 Å². The van der Waals surface area contributed by atoms with Crippen LogP contribution in [-0.4, -0.2) is 15.0 Å². The number of aromatic nitrogens is 2. The monoisotopic (exact) mass is 308 g/mol. The van der Waals surface area contributed by atoms with E-state index in [2.05, 4.69) is 5.10 Å². The van der Waals surface area contributed by atoms with Gasteiger partial charge in [-0.25, -0.2) is 4.68 Å². The number of carbonyl (C=O) groups is 1. The summed E-state index contributed by atoms with van der Waals surface area (Å²) in [6.07, 6.45) is -3.97. The normalized spacial score (nSPS) is 11.6. The summed E-state index contributed by atoms with van der Waals surface area (Å²) in [6, 6.07) is 5.54. The van der Waals surface area contributed by atoms with Crippen LogP contribution in [-0.2, 0) is 6.18 Å². The third kappa shape index (κ3) is 2.74. The Labute approximate surface area is 115 Å². The van der Waals surface area contributed by atoms with E-state index in [9.17, 15) is 18.0 Å². The second kappa shape index (κ2) is 4.86. The second-order valence-electron chi connectivity index (χ2n) is 3.57. The molecule has 100 valence electrons. The molecule has 2 rings (SSSR count). The average molecular weight is 309 g/mol. The fourth-order valence-electron chi connectivity index (χ4n) is 1.54. The first-order chi connectivity index (χ1) is 8.80. The van der Waals surface area contributed by atoms with Crippen molar-refractivity contribution < 1.29 is 18.0 Å². The second-order valence-corrected chi connectivity index (χ2v) is 4.35. The van der Waals surface area contributed by atoms with E-state index in [4.69, 9.17) is 23.2 Å². The Morgan fingerprint density at radius 1 is 1.21 bits per heavy atom. The van der Waals surface area contributed by atoms with Crippen LogP contribution >= 0.6 is 23.2 Å². The number of alkyl halides is 3. The largest absolute Gasteiger partial charge is 0.434 e. The minimum absolute atomic E-state index is 0.126. The maximum absolute atomic E-state index is 13.0. The molecule has 0 N–H and O–H groups in total. The van der Waals surface area contributed by atoms with Crippen LogP contribution in [0.15, 0.2) is 30.5 Å². The van der Waals surface area contributed by atoms with Gasteiger partial charge in [0.2, 0.25) is 0 Å². The van der Waals surface area contributed by atoms with Crippen LogP contribution in [0.3, 0.4) is 0 Å². The fraction of sp³-hybridized carbons (Fsp3) is 0.0909. The molecule has 0 amide bonds. The Morgan fingerprint density at radius 2 is 1.79 bits per heavy atom. The molecule has 0 aliphatic heterocycles. The van der Waals surface area contributed by atoms with Gasteiger partial charge in [0.15, 0.2) is 5.69 Å². The molecule has 2 aromatic rings. The van der Waals surface area contributed by atoms with Gasteiger partial charge in [-0.15, -0.1) is 0 Å². The molecule has 0 atom stereocenters. The van der Waals surface area contributed by atoms with Crippen molar-refractivity contribution in [2.45, 2.75) is 6.18 Å². The van der Waals surface area contributed by atoms with Gasteiger partial charge in [-0.2, -0.15) is 18.3 Å². The molecule has 0 saturated carbocycles. The summed E-state index contributed by atoms with van der Waals surface area (Å²) < 4.78 is 39.5. The smallest absolute Gasteiger partial charge is 0.275 e. The van der Waals surface area contributed by atoms with Gasteiger partial charge in [0.05, 0.1) is 17.4 Å². The van der Waals surface area contributed by atoms with E-state index in [1.54, 1.807) is 0 Å². The number of carbonyl (C=O) groups excluding carboxylic acids is 1. The van der Waals surface area contributed by atoms with Crippen molar-refractivity contribution in [1.29, 1.82) is 0 Å². The number of halogens is 5. The predicted octanol–water partition coefficient (Wildman–Crippen LogP) is 3.92. The SMILES string of the molecule is O=C(Cl)c1cnn(-c2ccc(Cl)cc2)c1C(F)(F)F. The van der Waals surface area contributed by atoms with Crippen molar-refractivity contribution in [2.75, 3.05) is 0 Å². The number of hydrogen-bond donors (Lipinski definition) is 0. The van der Waals surface area contributed by atoms with E-state index in [0.717, 1.165) is 6.20 Å². The molecule has 0 fully saturated rings. The van der Waals surface area contributed by atoms with Crippen molar-refractivity contribution in [3.05, 3.63) is 46.7 Å². The highest BCUT2D eigenvalue weighted by molar-refractivity contribution is 6.67. The zero-order chi connectivity index (χ0) is 14.2. The Morgan fingerprint density at radius 3 is 2.26 bits per heavy atom. The van der Waals surface area contributed by atoms with Crippen molar-refractivity contribution in [3.63, 3.8) is 0 Å². The maximum atomic E-state index is 13.0. The van der Waals surface area contributed by atoms with Crippen LogP contribution in [0.5, 0.6) is 0 Å². The Hall–Kier alpha value is -1.53. The predicted molar refractivity (Wildman–Crippen MR) is 63.8 cm³/mol.